The SMILES string of the molecule is CCCCCCCCCCCCNCC(C)Cl. The number of hydrogen-bond donors (Lipinski definition) is 1. The zero-order valence-corrected chi connectivity index (χ0v) is 12.7. The lowest BCUT2D eigenvalue weighted by atomic mass is 10.1. The number of unbranched alkanes of at least 4 members (excludes halogenated alkanes) is 9. The maximum Gasteiger partial charge on any atom is 0.0432 e. The first-order chi connectivity index (χ1) is 8.27. The van der Waals surface area contributed by atoms with Crippen molar-refractivity contribution in [1.29, 1.82) is 0 Å². The minimum atomic E-state index is 0.262. The first kappa shape index (κ1) is 17.2. The average Bonchev–Trinajstić information content (AvgIpc) is 2.30. The van der Waals surface area contributed by atoms with Gasteiger partial charge >= 0.3 is 0 Å². The average molecular weight is 262 g/mol. The summed E-state index contributed by atoms with van der Waals surface area (Å²) >= 11 is 5.85. The molecule has 0 amide bonds. The number of hydrogen-bond acceptors (Lipinski definition) is 1. The van der Waals surface area contributed by atoms with Gasteiger partial charge in [-0.2, -0.15) is 0 Å². The Kier molecular flexibility index (Phi) is 14.5. The van der Waals surface area contributed by atoms with Crippen LogP contribution in [0.4, 0.5) is 0 Å². The number of halogens is 1. The van der Waals surface area contributed by atoms with Crippen LogP contribution in [0.3, 0.4) is 0 Å². The molecule has 17 heavy (non-hydrogen) atoms. The van der Waals surface area contributed by atoms with E-state index in [2.05, 4.69) is 12.2 Å². The summed E-state index contributed by atoms with van der Waals surface area (Å²) in [4.78, 5) is 0. The lowest BCUT2D eigenvalue weighted by Gasteiger charge is -2.05. The van der Waals surface area contributed by atoms with Crippen LogP contribution in [0.5, 0.6) is 0 Å². The number of rotatable bonds is 13. The van der Waals surface area contributed by atoms with E-state index in [-0.39, 0.29) is 5.38 Å². The van der Waals surface area contributed by atoms with E-state index >= 15 is 0 Å². The molecule has 0 aromatic carbocycles. The van der Waals surface area contributed by atoms with Gasteiger partial charge in [0.2, 0.25) is 0 Å². The smallest absolute Gasteiger partial charge is 0.0432 e. The highest BCUT2D eigenvalue weighted by Crippen LogP contribution is 2.10. The summed E-state index contributed by atoms with van der Waals surface area (Å²) in [5, 5.41) is 3.64. The summed E-state index contributed by atoms with van der Waals surface area (Å²) in [5.74, 6) is 0. The van der Waals surface area contributed by atoms with Crippen molar-refractivity contribution in [3.63, 3.8) is 0 Å². The van der Waals surface area contributed by atoms with Crippen molar-refractivity contribution in [2.75, 3.05) is 13.1 Å². The summed E-state index contributed by atoms with van der Waals surface area (Å²) in [5.41, 5.74) is 0. The molecular weight excluding hydrogens is 230 g/mol. The normalized spacial score (nSPS) is 12.9. The lowest BCUT2D eigenvalue weighted by Crippen LogP contribution is -2.22. The minimum Gasteiger partial charge on any atom is -0.315 e. The van der Waals surface area contributed by atoms with E-state index in [9.17, 15) is 0 Å². The van der Waals surface area contributed by atoms with E-state index in [0.717, 1.165) is 13.1 Å². The Morgan fingerprint density at radius 1 is 0.824 bits per heavy atom. The molecule has 0 radical (unpaired) electrons. The van der Waals surface area contributed by atoms with Crippen LogP contribution >= 0.6 is 11.6 Å². The Morgan fingerprint density at radius 3 is 1.76 bits per heavy atom. The molecule has 0 saturated heterocycles. The van der Waals surface area contributed by atoms with Crippen molar-refractivity contribution in [2.45, 2.75) is 83.4 Å². The third-order valence-corrected chi connectivity index (χ3v) is 3.29. The Hall–Kier alpha value is 0.250. The van der Waals surface area contributed by atoms with Gasteiger partial charge in [0.1, 0.15) is 0 Å². The van der Waals surface area contributed by atoms with Crippen LogP contribution < -0.4 is 5.32 Å². The minimum absolute atomic E-state index is 0.262. The zero-order valence-electron chi connectivity index (χ0n) is 11.9. The van der Waals surface area contributed by atoms with Crippen molar-refractivity contribution in [3.8, 4) is 0 Å². The highest BCUT2D eigenvalue weighted by molar-refractivity contribution is 6.20. The second-order valence-electron chi connectivity index (χ2n) is 5.17. The van der Waals surface area contributed by atoms with Crippen molar-refractivity contribution >= 4 is 11.6 Å². The van der Waals surface area contributed by atoms with Crippen LogP contribution in [-0.4, -0.2) is 18.5 Å². The molecule has 0 bridgehead atoms. The van der Waals surface area contributed by atoms with Gasteiger partial charge in [-0.05, 0) is 19.9 Å². The molecular formula is C15H32ClN. The third kappa shape index (κ3) is 16.2. The number of alkyl halides is 1. The molecule has 0 heterocycles. The topological polar surface area (TPSA) is 12.0 Å². The molecule has 1 N–H and O–H groups in total. The first-order valence-corrected chi connectivity index (χ1v) is 8.05. The molecule has 1 nitrogen and oxygen atoms in total. The van der Waals surface area contributed by atoms with E-state index in [1.807, 2.05) is 6.92 Å². The molecule has 0 aromatic heterocycles. The maximum atomic E-state index is 5.85. The van der Waals surface area contributed by atoms with Gasteiger partial charge in [-0.15, -0.1) is 11.6 Å². The highest BCUT2D eigenvalue weighted by atomic mass is 35.5. The van der Waals surface area contributed by atoms with E-state index in [1.54, 1.807) is 0 Å². The Morgan fingerprint density at radius 2 is 1.29 bits per heavy atom. The second kappa shape index (κ2) is 14.3. The molecule has 1 unspecified atom stereocenters. The third-order valence-electron chi connectivity index (χ3n) is 3.13. The van der Waals surface area contributed by atoms with E-state index in [0.29, 0.717) is 0 Å². The Labute approximate surface area is 114 Å². The van der Waals surface area contributed by atoms with Crippen molar-refractivity contribution in [1.82, 2.24) is 5.32 Å². The quantitative estimate of drug-likeness (QED) is 0.358. The van der Waals surface area contributed by atoms with Crippen molar-refractivity contribution in [3.05, 3.63) is 0 Å². The fourth-order valence-electron chi connectivity index (χ4n) is 2.04. The predicted molar refractivity (Wildman–Crippen MR) is 80.0 cm³/mol. The molecule has 0 fully saturated rings. The molecule has 0 rings (SSSR count). The summed E-state index contributed by atoms with van der Waals surface area (Å²) in [7, 11) is 0. The maximum absolute atomic E-state index is 5.85. The molecule has 0 spiro atoms. The fraction of sp³-hybridized carbons (Fsp3) is 1.00. The van der Waals surface area contributed by atoms with E-state index < -0.39 is 0 Å². The van der Waals surface area contributed by atoms with Crippen molar-refractivity contribution in [2.24, 2.45) is 0 Å². The largest absolute Gasteiger partial charge is 0.315 e. The molecule has 1 atom stereocenters. The molecule has 0 aliphatic rings. The van der Waals surface area contributed by atoms with Gasteiger partial charge in [0.05, 0.1) is 0 Å². The van der Waals surface area contributed by atoms with Gasteiger partial charge < -0.3 is 5.32 Å². The van der Waals surface area contributed by atoms with E-state index in [1.165, 1.54) is 64.2 Å². The monoisotopic (exact) mass is 261 g/mol. The standard InChI is InChI=1S/C15H32ClN/c1-3-4-5-6-7-8-9-10-11-12-13-17-14-15(2)16/h15,17H,3-14H2,1-2H3. The van der Waals surface area contributed by atoms with Gasteiger partial charge in [-0.25, -0.2) is 0 Å². The lowest BCUT2D eigenvalue weighted by molar-refractivity contribution is 0.543. The highest BCUT2D eigenvalue weighted by Gasteiger charge is 1.95. The van der Waals surface area contributed by atoms with Crippen LogP contribution in [0.1, 0.15) is 78.1 Å². The van der Waals surface area contributed by atoms with Crippen LogP contribution in [0.25, 0.3) is 0 Å². The molecule has 0 aliphatic carbocycles. The van der Waals surface area contributed by atoms with E-state index in [4.69, 9.17) is 11.6 Å². The molecule has 0 aliphatic heterocycles. The van der Waals surface area contributed by atoms with Gasteiger partial charge in [-0.3, -0.25) is 0 Å². The summed E-state index contributed by atoms with van der Waals surface area (Å²) in [6.07, 6.45) is 14.1. The van der Waals surface area contributed by atoms with Gasteiger partial charge in [-0.1, -0.05) is 64.7 Å². The second-order valence-corrected chi connectivity index (χ2v) is 5.91. The fourth-order valence-corrected chi connectivity index (χ4v) is 2.15. The Bertz CT molecular complexity index is 137. The zero-order chi connectivity index (χ0) is 12.8. The molecule has 0 saturated carbocycles. The Balaban J connectivity index is 2.89. The van der Waals surface area contributed by atoms with Crippen LogP contribution in [0.2, 0.25) is 0 Å². The summed E-state index contributed by atoms with van der Waals surface area (Å²) in [6.45, 7) is 6.39. The molecule has 104 valence electrons. The summed E-state index contributed by atoms with van der Waals surface area (Å²) in [6, 6.07) is 0. The van der Waals surface area contributed by atoms with Crippen LogP contribution in [0, 0.1) is 0 Å². The first-order valence-electron chi connectivity index (χ1n) is 7.62. The van der Waals surface area contributed by atoms with Crippen molar-refractivity contribution < 1.29 is 0 Å². The predicted octanol–water partition coefficient (Wildman–Crippen LogP) is 5.12. The molecule has 0 aromatic rings. The van der Waals surface area contributed by atoms with Crippen LogP contribution in [-0.2, 0) is 0 Å². The van der Waals surface area contributed by atoms with Gasteiger partial charge in [0.15, 0.2) is 0 Å². The van der Waals surface area contributed by atoms with Gasteiger partial charge in [0.25, 0.3) is 0 Å². The summed E-state index contributed by atoms with van der Waals surface area (Å²) < 4.78 is 0. The molecule has 2 heteroatoms. The number of nitrogens with one attached hydrogen (secondary N) is 1. The van der Waals surface area contributed by atoms with Crippen LogP contribution in [0.15, 0.2) is 0 Å². The van der Waals surface area contributed by atoms with Gasteiger partial charge in [0, 0.05) is 11.9 Å².